The molecule has 1 unspecified atom stereocenters. The number of carbonyl (C=O) groups excluding carboxylic acids is 1. The van der Waals surface area contributed by atoms with Gasteiger partial charge < -0.3 is 16.4 Å². The molecular weight excluding hydrogens is 310 g/mol. The van der Waals surface area contributed by atoms with E-state index in [-0.39, 0.29) is 11.8 Å². The summed E-state index contributed by atoms with van der Waals surface area (Å²) >= 11 is 0. The SMILES string of the molecule is CC(C)C1CC[C@@H](C)C[C@H]1C(=O)NCCc1ccccc1NCCN. The minimum absolute atomic E-state index is 0.175. The maximum absolute atomic E-state index is 12.8. The smallest absolute Gasteiger partial charge is 0.223 e. The lowest BCUT2D eigenvalue weighted by Gasteiger charge is -2.36. The van der Waals surface area contributed by atoms with Gasteiger partial charge in [-0.25, -0.2) is 0 Å². The lowest BCUT2D eigenvalue weighted by Crippen LogP contribution is -2.40. The second-order valence-corrected chi connectivity index (χ2v) is 7.85. The number of nitrogens with one attached hydrogen (secondary N) is 2. The van der Waals surface area contributed by atoms with Crippen LogP contribution >= 0.6 is 0 Å². The maximum atomic E-state index is 12.8. The Labute approximate surface area is 153 Å². The quantitative estimate of drug-likeness (QED) is 0.676. The molecule has 2 rings (SSSR count). The number of carbonyl (C=O) groups is 1. The highest BCUT2D eigenvalue weighted by Gasteiger charge is 2.35. The Bertz CT molecular complexity index is 544. The van der Waals surface area contributed by atoms with Gasteiger partial charge in [-0.3, -0.25) is 4.79 Å². The van der Waals surface area contributed by atoms with Crippen LogP contribution in [0, 0.1) is 23.7 Å². The van der Waals surface area contributed by atoms with Crippen molar-refractivity contribution in [2.24, 2.45) is 29.4 Å². The minimum atomic E-state index is 0.175. The molecule has 0 saturated heterocycles. The Hall–Kier alpha value is -1.55. The third-order valence-electron chi connectivity index (χ3n) is 5.53. The highest BCUT2D eigenvalue weighted by atomic mass is 16.1. The highest BCUT2D eigenvalue weighted by molar-refractivity contribution is 5.79. The molecule has 1 aliphatic carbocycles. The second kappa shape index (κ2) is 9.81. The van der Waals surface area contributed by atoms with Crippen molar-refractivity contribution in [1.29, 1.82) is 0 Å². The summed E-state index contributed by atoms with van der Waals surface area (Å²) in [6.07, 6.45) is 4.31. The van der Waals surface area contributed by atoms with Crippen LogP contribution in [0.4, 0.5) is 5.69 Å². The zero-order valence-corrected chi connectivity index (χ0v) is 16.1. The Morgan fingerprint density at radius 3 is 2.72 bits per heavy atom. The van der Waals surface area contributed by atoms with Crippen molar-refractivity contribution in [1.82, 2.24) is 5.32 Å². The van der Waals surface area contributed by atoms with Gasteiger partial charge in [-0.05, 0) is 48.6 Å². The lowest BCUT2D eigenvalue weighted by molar-refractivity contribution is -0.129. The Morgan fingerprint density at radius 2 is 2.00 bits per heavy atom. The van der Waals surface area contributed by atoms with Crippen molar-refractivity contribution in [2.75, 3.05) is 25.0 Å². The summed E-state index contributed by atoms with van der Waals surface area (Å²) in [5.41, 5.74) is 7.93. The average Bonchev–Trinajstić information content (AvgIpc) is 2.60. The molecule has 1 fully saturated rings. The zero-order valence-electron chi connectivity index (χ0n) is 16.1. The Balaban J connectivity index is 1.89. The molecule has 0 aliphatic heterocycles. The summed E-state index contributed by atoms with van der Waals surface area (Å²) in [6.45, 7) is 8.84. The predicted molar refractivity (Wildman–Crippen MR) is 106 cm³/mol. The molecule has 4 N–H and O–H groups in total. The summed E-state index contributed by atoms with van der Waals surface area (Å²) in [4.78, 5) is 12.8. The van der Waals surface area contributed by atoms with Crippen molar-refractivity contribution < 1.29 is 4.79 Å². The first-order chi connectivity index (χ1) is 12.0. The van der Waals surface area contributed by atoms with Crippen LogP contribution in [0.5, 0.6) is 0 Å². The number of nitrogens with two attached hydrogens (primary N) is 1. The maximum Gasteiger partial charge on any atom is 0.223 e. The van der Waals surface area contributed by atoms with Crippen molar-refractivity contribution >= 4 is 11.6 Å². The van der Waals surface area contributed by atoms with E-state index in [0.29, 0.717) is 30.8 Å². The second-order valence-electron chi connectivity index (χ2n) is 7.85. The van der Waals surface area contributed by atoms with Gasteiger partial charge in [-0.2, -0.15) is 0 Å². The summed E-state index contributed by atoms with van der Waals surface area (Å²) < 4.78 is 0. The van der Waals surface area contributed by atoms with E-state index >= 15 is 0 Å². The van der Waals surface area contributed by atoms with Crippen LogP contribution in [0.15, 0.2) is 24.3 Å². The first-order valence-corrected chi connectivity index (χ1v) is 9.82. The van der Waals surface area contributed by atoms with Gasteiger partial charge in [0.15, 0.2) is 0 Å². The summed E-state index contributed by atoms with van der Waals surface area (Å²) in [5.74, 6) is 2.18. The number of para-hydroxylation sites is 1. The molecule has 0 bridgehead atoms. The van der Waals surface area contributed by atoms with Gasteiger partial charge in [0, 0.05) is 31.2 Å². The molecule has 1 amide bonds. The molecule has 0 radical (unpaired) electrons. The molecule has 25 heavy (non-hydrogen) atoms. The number of anilines is 1. The van der Waals surface area contributed by atoms with Crippen LogP contribution in [0.1, 0.15) is 45.6 Å². The number of hydrogen-bond acceptors (Lipinski definition) is 3. The average molecular weight is 346 g/mol. The molecule has 1 saturated carbocycles. The van der Waals surface area contributed by atoms with Gasteiger partial charge >= 0.3 is 0 Å². The molecule has 1 aromatic rings. The fourth-order valence-electron chi connectivity index (χ4n) is 4.07. The fourth-order valence-corrected chi connectivity index (χ4v) is 4.07. The van der Waals surface area contributed by atoms with E-state index in [9.17, 15) is 4.79 Å². The number of benzene rings is 1. The van der Waals surface area contributed by atoms with Gasteiger partial charge in [0.2, 0.25) is 5.91 Å². The van der Waals surface area contributed by atoms with Crippen LogP contribution in [0.3, 0.4) is 0 Å². The molecule has 140 valence electrons. The van der Waals surface area contributed by atoms with E-state index in [1.165, 1.54) is 18.4 Å². The largest absolute Gasteiger partial charge is 0.384 e. The molecular formula is C21H35N3O. The molecule has 1 aliphatic rings. The molecule has 4 heteroatoms. The van der Waals surface area contributed by atoms with Crippen LogP contribution in [-0.2, 0) is 11.2 Å². The molecule has 0 heterocycles. The third-order valence-corrected chi connectivity index (χ3v) is 5.53. The number of rotatable bonds is 8. The Morgan fingerprint density at radius 1 is 1.24 bits per heavy atom. The van der Waals surface area contributed by atoms with Gasteiger partial charge in [0.05, 0.1) is 0 Å². The van der Waals surface area contributed by atoms with E-state index < -0.39 is 0 Å². The molecule has 3 atom stereocenters. The van der Waals surface area contributed by atoms with Crippen LogP contribution in [0.25, 0.3) is 0 Å². The Kier molecular flexibility index (Phi) is 7.76. The van der Waals surface area contributed by atoms with Crippen LogP contribution in [-0.4, -0.2) is 25.5 Å². The highest BCUT2D eigenvalue weighted by Crippen LogP contribution is 2.38. The van der Waals surface area contributed by atoms with Gasteiger partial charge in [-0.1, -0.05) is 45.4 Å². The van der Waals surface area contributed by atoms with Crippen molar-refractivity contribution in [3.8, 4) is 0 Å². The van der Waals surface area contributed by atoms with Crippen LogP contribution < -0.4 is 16.4 Å². The van der Waals surface area contributed by atoms with E-state index in [2.05, 4.69) is 43.5 Å². The van der Waals surface area contributed by atoms with Crippen molar-refractivity contribution in [3.63, 3.8) is 0 Å². The monoisotopic (exact) mass is 345 g/mol. The van der Waals surface area contributed by atoms with Crippen molar-refractivity contribution in [3.05, 3.63) is 29.8 Å². The zero-order chi connectivity index (χ0) is 18.2. The normalized spacial score (nSPS) is 23.5. The van der Waals surface area contributed by atoms with E-state index in [0.717, 1.165) is 25.1 Å². The molecule has 0 aromatic heterocycles. The van der Waals surface area contributed by atoms with Gasteiger partial charge in [-0.15, -0.1) is 0 Å². The molecule has 1 aromatic carbocycles. The third kappa shape index (κ3) is 5.74. The predicted octanol–water partition coefficient (Wildman–Crippen LogP) is 3.42. The summed E-state index contributed by atoms with van der Waals surface area (Å²) in [6, 6.07) is 8.26. The first kappa shape index (κ1) is 19.8. The summed E-state index contributed by atoms with van der Waals surface area (Å²) in [7, 11) is 0. The molecule has 4 nitrogen and oxygen atoms in total. The first-order valence-electron chi connectivity index (χ1n) is 9.82. The van der Waals surface area contributed by atoms with E-state index in [4.69, 9.17) is 5.73 Å². The standard InChI is InChI=1S/C21H35N3O/c1-15(2)18-9-8-16(3)14-19(18)21(25)24-12-10-17-6-4-5-7-20(17)23-13-11-22/h4-7,15-16,18-19,23H,8-14,22H2,1-3H3,(H,24,25)/t16-,18?,19-/m1/s1. The van der Waals surface area contributed by atoms with E-state index in [1.54, 1.807) is 0 Å². The van der Waals surface area contributed by atoms with Gasteiger partial charge in [0.1, 0.15) is 0 Å². The van der Waals surface area contributed by atoms with E-state index in [1.807, 2.05) is 12.1 Å². The molecule has 0 spiro atoms. The van der Waals surface area contributed by atoms with Crippen LogP contribution in [0.2, 0.25) is 0 Å². The fraction of sp³-hybridized carbons (Fsp3) is 0.667. The number of hydrogen-bond donors (Lipinski definition) is 3. The minimum Gasteiger partial charge on any atom is -0.384 e. The van der Waals surface area contributed by atoms with Gasteiger partial charge in [0.25, 0.3) is 0 Å². The number of amides is 1. The lowest BCUT2D eigenvalue weighted by atomic mass is 9.70. The van der Waals surface area contributed by atoms with Crippen molar-refractivity contribution in [2.45, 2.75) is 46.5 Å². The summed E-state index contributed by atoms with van der Waals surface area (Å²) in [5, 5.41) is 6.55. The topological polar surface area (TPSA) is 67.2 Å².